The van der Waals surface area contributed by atoms with Crippen LogP contribution in [0, 0.1) is 25.7 Å². The van der Waals surface area contributed by atoms with Crippen molar-refractivity contribution in [3.8, 4) is 5.75 Å². The fraction of sp³-hybridized carbons (Fsp3) is 0.429. The number of benzene rings is 2. The molecule has 4 amide bonds. The zero-order valence-corrected chi connectivity index (χ0v) is 28.0. The van der Waals surface area contributed by atoms with Gasteiger partial charge in [-0.1, -0.05) is 38.1 Å². The number of rotatable bonds is 13. The highest BCUT2D eigenvalue weighted by atomic mass is 16.5. The zero-order valence-electron chi connectivity index (χ0n) is 28.0. The molecule has 0 aliphatic carbocycles. The molecule has 1 aromatic heterocycles. The summed E-state index contributed by atoms with van der Waals surface area (Å²) in [5, 5.41) is 6.16. The summed E-state index contributed by atoms with van der Waals surface area (Å²) in [5.74, 6) is -3.32. The molecule has 13 nitrogen and oxygen atoms in total. The van der Waals surface area contributed by atoms with Crippen molar-refractivity contribution >= 4 is 46.5 Å². The van der Waals surface area contributed by atoms with Crippen molar-refractivity contribution in [1.82, 2.24) is 20.5 Å². The average molecular weight is 663 g/mol. The Kier molecular flexibility index (Phi) is 11.6. The second-order valence-corrected chi connectivity index (χ2v) is 12.3. The first-order valence-corrected chi connectivity index (χ1v) is 15.8. The Morgan fingerprint density at radius 1 is 0.979 bits per heavy atom. The highest BCUT2D eigenvalue weighted by molar-refractivity contribution is 6.02. The number of nitrogens with zero attached hydrogens (tertiary/aromatic N) is 1. The van der Waals surface area contributed by atoms with E-state index in [0.29, 0.717) is 33.3 Å². The van der Waals surface area contributed by atoms with Gasteiger partial charge in [-0.3, -0.25) is 19.2 Å². The van der Waals surface area contributed by atoms with Crippen molar-refractivity contribution in [2.75, 3.05) is 27.4 Å². The summed E-state index contributed by atoms with van der Waals surface area (Å²) in [6, 6.07) is 9.96. The van der Waals surface area contributed by atoms with Gasteiger partial charge in [-0.2, -0.15) is 0 Å². The van der Waals surface area contributed by atoms with Crippen LogP contribution in [0.1, 0.15) is 65.1 Å². The number of carbonyl (C=O) groups is 6. The van der Waals surface area contributed by atoms with E-state index in [1.807, 2.05) is 13.8 Å². The van der Waals surface area contributed by atoms with E-state index < -0.39 is 60.2 Å². The summed E-state index contributed by atoms with van der Waals surface area (Å²) in [5.41, 5.74) is 2.57. The standard InChI is InChI=1S/C35H42N4O9/c1-19(2)15-26(38-32(42)27-17-23-24(36-27)11-8-12-29(23)46-5)31(41)37-25(16-22-13-14-39(33(22)43)35(45)47-6)28(40)18-48-34(44)30-20(3)9-7-10-21(30)4/h7-12,17,19,22,25-26,36H,13-16,18H2,1-6H3,(H,37,41)(H,38,42)/t22-,25-,26-/m0/s1. The first-order valence-electron chi connectivity index (χ1n) is 15.8. The number of H-pyrrole nitrogens is 1. The van der Waals surface area contributed by atoms with E-state index in [2.05, 4.69) is 15.6 Å². The number of imide groups is 1. The lowest BCUT2D eigenvalue weighted by Gasteiger charge is -2.25. The van der Waals surface area contributed by atoms with Crippen molar-refractivity contribution in [2.45, 2.75) is 59.0 Å². The minimum atomic E-state index is -1.27. The van der Waals surface area contributed by atoms with Gasteiger partial charge >= 0.3 is 12.1 Å². The molecule has 0 bridgehead atoms. The maximum absolute atomic E-state index is 13.8. The Hall–Kier alpha value is -5.20. The Morgan fingerprint density at radius 3 is 2.31 bits per heavy atom. The van der Waals surface area contributed by atoms with E-state index in [9.17, 15) is 28.8 Å². The first kappa shape index (κ1) is 35.7. The van der Waals surface area contributed by atoms with Gasteiger partial charge in [0.05, 0.1) is 25.8 Å². The second-order valence-electron chi connectivity index (χ2n) is 12.3. The Balaban J connectivity index is 1.54. The highest BCUT2D eigenvalue weighted by Gasteiger charge is 2.40. The Labute approximate surface area is 278 Å². The number of hydrogen-bond donors (Lipinski definition) is 3. The van der Waals surface area contributed by atoms with Gasteiger partial charge in [0.1, 0.15) is 17.5 Å². The molecule has 256 valence electrons. The van der Waals surface area contributed by atoms with Crippen molar-refractivity contribution in [1.29, 1.82) is 0 Å². The number of ketones is 1. The summed E-state index contributed by atoms with van der Waals surface area (Å²) < 4.78 is 15.5. The van der Waals surface area contributed by atoms with Crippen LogP contribution in [0.5, 0.6) is 5.75 Å². The fourth-order valence-corrected chi connectivity index (χ4v) is 5.89. The molecule has 0 radical (unpaired) electrons. The predicted octanol–water partition coefficient (Wildman–Crippen LogP) is 3.85. The molecule has 4 rings (SSSR count). The third-order valence-corrected chi connectivity index (χ3v) is 8.39. The number of aromatic amines is 1. The number of methoxy groups -OCH3 is 2. The quantitative estimate of drug-likeness (QED) is 0.230. The normalized spacial score (nSPS) is 15.6. The summed E-state index contributed by atoms with van der Waals surface area (Å²) in [4.78, 5) is 82.8. The Bertz CT molecular complexity index is 1690. The maximum Gasteiger partial charge on any atom is 0.416 e. The molecule has 48 heavy (non-hydrogen) atoms. The molecule has 0 spiro atoms. The number of aromatic nitrogens is 1. The minimum absolute atomic E-state index is 0.0265. The maximum atomic E-state index is 13.8. The van der Waals surface area contributed by atoms with Crippen molar-refractivity contribution in [2.24, 2.45) is 11.8 Å². The van der Waals surface area contributed by atoms with E-state index in [0.717, 1.165) is 12.0 Å². The van der Waals surface area contributed by atoms with Gasteiger partial charge in [0.15, 0.2) is 12.4 Å². The number of ether oxygens (including phenoxy) is 3. The summed E-state index contributed by atoms with van der Waals surface area (Å²) in [7, 11) is 2.69. The van der Waals surface area contributed by atoms with Gasteiger partial charge in [0.25, 0.3) is 5.91 Å². The van der Waals surface area contributed by atoms with Gasteiger partial charge in [-0.15, -0.1) is 0 Å². The van der Waals surface area contributed by atoms with Crippen LogP contribution in [0.15, 0.2) is 42.5 Å². The van der Waals surface area contributed by atoms with Crippen LogP contribution >= 0.6 is 0 Å². The van der Waals surface area contributed by atoms with E-state index in [-0.39, 0.29) is 37.4 Å². The SMILES string of the molecule is COC(=O)N1CC[C@@H](C[C@H](NC(=O)[C@H](CC(C)C)NC(=O)c2cc3c(OC)cccc3[nH]2)C(=O)COC(=O)c2c(C)cccc2C)C1=O. The number of fused-ring (bicyclic) bond motifs is 1. The number of Topliss-reactive ketones (excluding diaryl/α,β-unsaturated/α-hetero) is 1. The lowest BCUT2D eigenvalue weighted by molar-refractivity contribution is -0.133. The van der Waals surface area contributed by atoms with Crippen LogP contribution in [-0.2, 0) is 23.9 Å². The monoisotopic (exact) mass is 662 g/mol. The van der Waals surface area contributed by atoms with Gasteiger partial charge < -0.3 is 29.8 Å². The largest absolute Gasteiger partial charge is 0.496 e. The molecular formula is C35H42N4O9. The number of esters is 1. The molecule has 2 heterocycles. The first-order chi connectivity index (χ1) is 22.8. The average Bonchev–Trinajstić information content (AvgIpc) is 3.65. The summed E-state index contributed by atoms with van der Waals surface area (Å²) in [6.45, 7) is 6.69. The molecule has 2 aromatic carbocycles. The van der Waals surface area contributed by atoms with Gasteiger partial charge in [0.2, 0.25) is 11.8 Å². The third kappa shape index (κ3) is 8.20. The van der Waals surface area contributed by atoms with Crippen LogP contribution in [0.25, 0.3) is 10.9 Å². The van der Waals surface area contributed by atoms with E-state index in [4.69, 9.17) is 14.2 Å². The van der Waals surface area contributed by atoms with Crippen LogP contribution in [0.3, 0.4) is 0 Å². The molecule has 3 atom stereocenters. The zero-order chi connectivity index (χ0) is 35.1. The molecule has 3 aromatic rings. The van der Waals surface area contributed by atoms with E-state index >= 15 is 0 Å². The van der Waals surface area contributed by atoms with Crippen LogP contribution in [0.4, 0.5) is 4.79 Å². The number of aryl methyl sites for hydroxylation is 2. The molecule has 1 saturated heterocycles. The molecule has 1 aliphatic heterocycles. The predicted molar refractivity (Wildman–Crippen MR) is 176 cm³/mol. The smallest absolute Gasteiger partial charge is 0.416 e. The van der Waals surface area contributed by atoms with Gasteiger partial charge in [-0.05, 0) is 68.4 Å². The van der Waals surface area contributed by atoms with E-state index in [1.165, 1.54) is 7.11 Å². The lowest BCUT2D eigenvalue weighted by atomic mass is 9.95. The van der Waals surface area contributed by atoms with Gasteiger partial charge in [-0.25, -0.2) is 14.5 Å². The Morgan fingerprint density at radius 2 is 1.67 bits per heavy atom. The lowest BCUT2D eigenvalue weighted by Crippen LogP contribution is -2.53. The molecule has 3 N–H and O–H groups in total. The third-order valence-electron chi connectivity index (χ3n) is 8.39. The molecule has 0 saturated carbocycles. The van der Waals surface area contributed by atoms with Crippen molar-refractivity contribution < 1.29 is 43.0 Å². The highest BCUT2D eigenvalue weighted by Crippen LogP contribution is 2.27. The summed E-state index contributed by atoms with van der Waals surface area (Å²) in [6.07, 6.45) is -0.484. The van der Waals surface area contributed by atoms with Crippen molar-refractivity contribution in [3.05, 3.63) is 64.8 Å². The molecule has 1 aliphatic rings. The topological polar surface area (TPSA) is 173 Å². The molecule has 0 unspecified atom stereocenters. The molecule has 13 heteroatoms. The number of nitrogens with one attached hydrogen (secondary N) is 3. The van der Waals surface area contributed by atoms with Crippen LogP contribution in [-0.4, -0.2) is 84.9 Å². The molecule has 1 fully saturated rings. The number of amides is 4. The number of carbonyl (C=O) groups excluding carboxylic acids is 6. The van der Waals surface area contributed by atoms with Gasteiger partial charge in [0, 0.05) is 23.4 Å². The number of likely N-dealkylation sites (tertiary alicyclic amines) is 1. The number of hydrogen-bond acceptors (Lipinski definition) is 9. The second kappa shape index (κ2) is 15.6. The summed E-state index contributed by atoms with van der Waals surface area (Å²) >= 11 is 0. The molecular weight excluding hydrogens is 620 g/mol. The van der Waals surface area contributed by atoms with E-state index in [1.54, 1.807) is 56.3 Å². The van der Waals surface area contributed by atoms with Crippen LogP contribution in [0.2, 0.25) is 0 Å². The minimum Gasteiger partial charge on any atom is -0.496 e. The van der Waals surface area contributed by atoms with Crippen LogP contribution < -0.4 is 15.4 Å². The fourth-order valence-electron chi connectivity index (χ4n) is 5.89. The van der Waals surface area contributed by atoms with Crippen molar-refractivity contribution in [3.63, 3.8) is 0 Å².